The lowest BCUT2D eigenvalue weighted by molar-refractivity contribution is -0.137. The monoisotopic (exact) mass is 281 g/mol. The van der Waals surface area contributed by atoms with Crippen LogP contribution in [0, 0.1) is 18.3 Å². The van der Waals surface area contributed by atoms with Crippen LogP contribution in [0.25, 0.3) is 0 Å². The molecule has 2 N–H and O–H groups in total. The molecule has 1 heterocycles. The second-order valence-electron chi connectivity index (χ2n) is 4.97. The largest absolute Gasteiger partial charge is 0.481 e. The quantitative estimate of drug-likeness (QED) is 0.866. The van der Waals surface area contributed by atoms with Gasteiger partial charge in [0.05, 0.1) is 10.6 Å². The SMILES string of the molecule is Cc1c(Cl)cnc(NC(C)(C)CCC(=O)O)c1C#N. The summed E-state index contributed by atoms with van der Waals surface area (Å²) in [6.45, 7) is 5.48. The number of halogens is 1. The van der Waals surface area contributed by atoms with E-state index in [1.807, 2.05) is 13.8 Å². The average Bonchev–Trinajstić information content (AvgIpc) is 2.32. The number of hydrogen-bond acceptors (Lipinski definition) is 4. The third kappa shape index (κ3) is 4.11. The van der Waals surface area contributed by atoms with E-state index < -0.39 is 11.5 Å². The highest BCUT2D eigenvalue weighted by Crippen LogP contribution is 2.26. The van der Waals surface area contributed by atoms with Gasteiger partial charge in [-0.1, -0.05) is 11.6 Å². The molecule has 6 heteroatoms. The highest BCUT2D eigenvalue weighted by molar-refractivity contribution is 6.31. The second kappa shape index (κ2) is 5.89. The Morgan fingerprint density at radius 1 is 1.63 bits per heavy atom. The molecule has 0 fully saturated rings. The number of aliphatic carboxylic acids is 1. The number of nitrogens with one attached hydrogen (secondary N) is 1. The summed E-state index contributed by atoms with van der Waals surface area (Å²) in [7, 11) is 0. The molecule has 1 aromatic rings. The van der Waals surface area contributed by atoms with Crippen LogP contribution in [0.1, 0.15) is 37.8 Å². The van der Waals surface area contributed by atoms with E-state index in [-0.39, 0.29) is 6.42 Å². The fourth-order valence-electron chi connectivity index (χ4n) is 1.61. The molecule has 0 amide bonds. The Morgan fingerprint density at radius 3 is 2.79 bits per heavy atom. The van der Waals surface area contributed by atoms with Gasteiger partial charge < -0.3 is 10.4 Å². The van der Waals surface area contributed by atoms with Crippen LogP contribution in [-0.2, 0) is 4.79 Å². The summed E-state index contributed by atoms with van der Waals surface area (Å²) in [5, 5.41) is 21.4. The van der Waals surface area contributed by atoms with Gasteiger partial charge in [0.1, 0.15) is 11.9 Å². The van der Waals surface area contributed by atoms with E-state index in [9.17, 15) is 4.79 Å². The number of carbonyl (C=O) groups is 1. The van der Waals surface area contributed by atoms with Gasteiger partial charge in [-0.15, -0.1) is 0 Å². The van der Waals surface area contributed by atoms with Gasteiger partial charge in [0.25, 0.3) is 0 Å². The molecule has 0 aromatic carbocycles. The summed E-state index contributed by atoms with van der Waals surface area (Å²) < 4.78 is 0. The molecule has 0 saturated carbocycles. The number of hydrogen-bond donors (Lipinski definition) is 2. The summed E-state index contributed by atoms with van der Waals surface area (Å²) in [5.74, 6) is -0.421. The van der Waals surface area contributed by atoms with Crippen molar-refractivity contribution >= 4 is 23.4 Å². The molecule has 0 bridgehead atoms. The molecule has 1 aromatic heterocycles. The predicted octanol–water partition coefficient (Wildman–Crippen LogP) is 2.97. The fourth-order valence-corrected chi connectivity index (χ4v) is 1.76. The molecular formula is C13H16ClN3O2. The lowest BCUT2D eigenvalue weighted by Gasteiger charge is -2.27. The van der Waals surface area contributed by atoms with E-state index in [1.165, 1.54) is 6.20 Å². The van der Waals surface area contributed by atoms with Gasteiger partial charge in [0.15, 0.2) is 0 Å². The highest BCUT2D eigenvalue weighted by Gasteiger charge is 2.22. The zero-order chi connectivity index (χ0) is 14.6. The van der Waals surface area contributed by atoms with Crippen molar-refractivity contribution in [1.82, 2.24) is 4.98 Å². The van der Waals surface area contributed by atoms with Crippen LogP contribution in [0.5, 0.6) is 0 Å². The summed E-state index contributed by atoms with van der Waals surface area (Å²) in [5.41, 5.74) is 0.573. The number of carboxylic acid groups (broad SMARTS) is 1. The normalized spacial score (nSPS) is 10.9. The van der Waals surface area contributed by atoms with E-state index in [1.54, 1.807) is 6.92 Å². The van der Waals surface area contributed by atoms with E-state index >= 15 is 0 Å². The molecule has 0 unspecified atom stereocenters. The first-order chi connectivity index (χ1) is 8.76. The Morgan fingerprint density at radius 2 is 2.26 bits per heavy atom. The smallest absolute Gasteiger partial charge is 0.303 e. The lowest BCUT2D eigenvalue weighted by atomic mass is 9.98. The molecule has 0 saturated heterocycles. The molecule has 102 valence electrons. The molecule has 5 nitrogen and oxygen atoms in total. The molecule has 0 aliphatic carbocycles. The van der Waals surface area contributed by atoms with Crippen LogP contribution in [-0.4, -0.2) is 21.6 Å². The van der Waals surface area contributed by atoms with Gasteiger partial charge in [-0.2, -0.15) is 5.26 Å². The number of pyridine rings is 1. The van der Waals surface area contributed by atoms with Crippen LogP contribution < -0.4 is 5.32 Å². The summed E-state index contributed by atoms with van der Waals surface area (Å²) in [6, 6.07) is 2.07. The van der Waals surface area contributed by atoms with Gasteiger partial charge in [0, 0.05) is 18.2 Å². The van der Waals surface area contributed by atoms with Crippen molar-refractivity contribution in [2.24, 2.45) is 0 Å². The Hall–Kier alpha value is -1.80. The topological polar surface area (TPSA) is 86.0 Å². The maximum absolute atomic E-state index is 10.6. The summed E-state index contributed by atoms with van der Waals surface area (Å²) in [4.78, 5) is 14.7. The first-order valence-electron chi connectivity index (χ1n) is 5.82. The molecule has 0 aliphatic heterocycles. The molecule has 1 rings (SSSR count). The zero-order valence-corrected chi connectivity index (χ0v) is 11.9. The highest BCUT2D eigenvalue weighted by atomic mass is 35.5. The number of carboxylic acids is 1. The molecule has 0 radical (unpaired) electrons. The minimum absolute atomic E-state index is 0.0501. The second-order valence-corrected chi connectivity index (χ2v) is 5.38. The molecule has 0 atom stereocenters. The Kier molecular flexibility index (Phi) is 4.73. The summed E-state index contributed by atoms with van der Waals surface area (Å²) in [6.07, 6.45) is 1.96. The van der Waals surface area contributed by atoms with Crippen molar-refractivity contribution in [2.45, 2.75) is 39.2 Å². The fraction of sp³-hybridized carbons (Fsp3) is 0.462. The standard InChI is InChI=1S/C13H16ClN3O2/c1-8-9(6-15)12(16-7-10(8)14)17-13(2,3)5-4-11(18)19/h7H,4-5H2,1-3H3,(H,16,17)(H,18,19). The van der Waals surface area contributed by atoms with Crippen molar-refractivity contribution in [1.29, 1.82) is 5.26 Å². The van der Waals surface area contributed by atoms with Gasteiger partial charge in [-0.05, 0) is 32.8 Å². The predicted molar refractivity (Wildman–Crippen MR) is 73.3 cm³/mol. The van der Waals surface area contributed by atoms with Crippen molar-refractivity contribution in [3.63, 3.8) is 0 Å². The summed E-state index contributed by atoms with van der Waals surface area (Å²) >= 11 is 5.92. The minimum atomic E-state index is -0.851. The Balaban J connectivity index is 2.97. The average molecular weight is 282 g/mol. The lowest BCUT2D eigenvalue weighted by Crippen LogP contribution is -2.32. The van der Waals surface area contributed by atoms with E-state index in [0.29, 0.717) is 28.4 Å². The Bertz CT molecular complexity index is 535. The maximum Gasteiger partial charge on any atom is 0.303 e. The van der Waals surface area contributed by atoms with E-state index in [0.717, 1.165) is 0 Å². The van der Waals surface area contributed by atoms with Crippen molar-refractivity contribution in [2.75, 3.05) is 5.32 Å². The van der Waals surface area contributed by atoms with Crippen LogP contribution in [0.2, 0.25) is 5.02 Å². The molecule has 19 heavy (non-hydrogen) atoms. The molecule has 0 spiro atoms. The van der Waals surface area contributed by atoms with Crippen molar-refractivity contribution in [3.8, 4) is 6.07 Å². The van der Waals surface area contributed by atoms with Gasteiger partial charge >= 0.3 is 5.97 Å². The van der Waals surface area contributed by atoms with Gasteiger partial charge in [-0.25, -0.2) is 4.98 Å². The van der Waals surface area contributed by atoms with Crippen LogP contribution in [0.3, 0.4) is 0 Å². The number of nitriles is 1. The number of aromatic nitrogens is 1. The first kappa shape index (κ1) is 15.3. The first-order valence-corrected chi connectivity index (χ1v) is 6.20. The third-order valence-electron chi connectivity index (χ3n) is 2.81. The third-order valence-corrected chi connectivity index (χ3v) is 3.19. The maximum atomic E-state index is 10.6. The zero-order valence-electron chi connectivity index (χ0n) is 11.1. The Labute approximate surface area is 117 Å². The minimum Gasteiger partial charge on any atom is -0.481 e. The molecular weight excluding hydrogens is 266 g/mol. The van der Waals surface area contributed by atoms with Gasteiger partial charge in [-0.3, -0.25) is 4.79 Å². The van der Waals surface area contributed by atoms with Crippen LogP contribution in [0.4, 0.5) is 5.82 Å². The van der Waals surface area contributed by atoms with Crippen molar-refractivity contribution in [3.05, 3.63) is 22.3 Å². The van der Waals surface area contributed by atoms with E-state index in [2.05, 4.69) is 16.4 Å². The van der Waals surface area contributed by atoms with Gasteiger partial charge in [0.2, 0.25) is 0 Å². The number of nitrogens with zero attached hydrogens (tertiary/aromatic N) is 2. The van der Waals surface area contributed by atoms with Crippen LogP contribution >= 0.6 is 11.6 Å². The van der Waals surface area contributed by atoms with E-state index in [4.69, 9.17) is 22.0 Å². The number of anilines is 1. The number of rotatable bonds is 5. The molecule has 0 aliphatic rings. The van der Waals surface area contributed by atoms with Crippen LogP contribution in [0.15, 0.2) is 6.20 Å². The van der Waals surface area contributed by atoms with Crippen molar-refractivity contribution < 1.29 is 9.90 Å².